The number of anilines is 1. The second kappa shape index (κ2) is 10.3. The van der Waals surface area contributed by atoms with Crippen molar-refractivity contribution in [1.82, 2.24) is 9.97 Å². The van der Waals surface area contributed by atoms with Gasteiger partial charge in [-0.1, -0.05) is 78.9 Å². The van der Waals surface area contributed by atoms with Crippen LogP contribution in [0.25, 0.3) is 33.5 Å². The molecule has 4 aromatic carbocycles. The lowest BCUT2D eigenvalue weighted by atomic mass is 10.0. The molecule has 6 heteroatoms. The van der Waals surface area contributed by atoms with Gasteiger partial charge < -0.3 is 9.64 Å². The second-order valence-electron chi connectivity index (χ2n) is 9.21. The van der Waals surface area contributed by atoms with Crippen LogP contribution in [0.4, 0.5) is 5.69 Å². The zero-order valence-corrected chi connectivity index (χ0v) is 20.7. The van der Waals surface area contributed by atoms with Crippen LogP contribution in [0.15, 0.2) is 103 Å². The molecule has 6 rings (SSSR count). The predicted octanol–water partition coefficient (Wildman–Crippen LogP) is 6.10. The molecule has 0 saturated carbocycles. The van der Waals surface area contributed by atoms with Gasteiger partial charge in [-0.2, -0.15) is 0 Å². The lowest BCUT2D eigenvalue weighted by Crippen LogP contribution is -2.38. The molecule has 0 aliphatic carbocycles. The Bertz CT molecular complexity index is 1630. The quantitative estimate of drug-likeness (QED) is 0.273. The van der Waals surface area contributed by atoms with Gasteiger partial charge in [0.05, 0.1) is 28.0 Å². The minimum Gasteiger partial charge on any atom is -0.452 e. The van der Waals surface area contributed by atoms with E-state index in [0.29, 0.717) is 23.1 Å². The number of benzene rings is 4. The number of hydrogen-bond acceptors (Lipinski definition) is 5. The highest BCUT2D eigenvalue weighted by molar-refractivity contribution is 5.99. The van der Waals surface area contributed by atoms with Crippen LogP contribution in [0.5, 0.6) is 0 Å². The van der Waals surface area contributed by atoms with Crippen LogP contribution in [0.2, 0.25) is 0 Å². The van der Waals surface area contributed by atoms with E-state index in [4.69, 9.17) is 14.7 Å². The number of amides is 1. The predicted molar refractivity (Wildman–Crippen MR) is 148 cm³/mol. The maximum absolute atomic E-state index is 12.9. The van der Waals surface area contributed by atoms with Crippen molar-refractivity contribution in [3.05, 3.63) is 114 Å². The molecule has 2 heterocycles. The molecule has 186 valence electrons. The third-order valence-electron chi connectivity index (χ3n) is 6.73. The van der Waals surface area contributed by atoms with Crippen LogP contribution in [0.3, 0.4) is 0 Å². The summed E-state index contributed by atoms with van der Waals surface area (Å²) < 4.78 is 5.44. The molecule has 38 heavy (non-hydrogen) atoms. The fraction of sp³-hybridized carbons (Fsp3) is 0.125. The monoisotopic (exact) mass is 499 g/mol. The Labute approximate surface area is 220 Å². The lowest BCUT2D eigenvalue weighted by Gasteiger charge is -2.29. The van der Waals surface area contributed by atoms with Crippen LogP contribution in [-0.4, -0.2) is 35.0 Å². The molecule has 0 spiro atoms. The number of aryl methyl sites for hydroxylation is 1. The normalized spacial score (nSPS) is 12.7. The number of rotatable bonds is 5. The van der Waals surface area contributed by atoms with E-state index in [-0.39, 0.29) is 12.5 Å². The Morgan fingerprint density at radius 2 is 1.37 bits per heavy atom. The van der Waals surface area contributed by atoms with Crippen molar-refractivity contribution < 1.29 is 14.3 Å². The summed E-state index contributed by atoms with van der Waals surface area (Å²) in [5.74, 6) is -0.800. The highest BCUT2D eigenvalue weighted by Gasteiger charge is 2.23. The van der Waals surface area contributed by atoms with Gasteiger partial charge in [0.25, 0.3) is 5.91 Å². The largest absolute Gasteiger partial charge is 0.452 e. The van der Waals surface area contributed by atoms with Crippen molar-refractivity contribution in [1.29, 1.82) is 0 Å². The van der Waals surface area contributed by atoms with E-state index in [0.717, 1.165) is 46.6 Å². The SMILES string of the molecule is O=C(OCC(=O)N1CCCc2ccccc21)c1ccc2nc(-c3ccccc3)c(-c3ccccc3)nc2c1. The molecule has 0 radical (unpaired) electrons. The number of aromatic nitrogens is 2. The Morgan fingerprint density at radius 1 is 0.737 bits per heavy atom. The number of hydrogen-bond donors (Lipinski definition) is 0. The van der Waals surface area contributed by atoms with E-state index in [1.54, 1.807) is 23.1 Å². The average molecular weight is 500 g/mol. The van der Waals surface area contributed by atoms with E-state index in [1.807, 2.05) is 84.9 Å². The molecule has 1 amide bonds. The molecule has 0 fully saturated rings. The molecule has 1 aromatic heterocycles. The van der Waals surface area contributed by atoms with Crippen LogP contribution < -0.4 is 4.90 Å². The van der Waals surface area contributed by atoms with E-state index in [2.05, 4.69) is 0 Å². The molecule has 6 nitrogen and oxygen atoms in total. The molecular weight excluding hydrogens is 474 g/mol. The maximum atomic E-state index is 12.9. The zero-order valence-electron chi connectivity index (χ0n) is 20.7. The summed E-state index contributed by atoms with van der Waals surface area (Å²) in [5, 5.41) is 0. The minimum atomic E-state index is -0.569. The summed E-state index contributed by atoms with van der Waals surface area (Å²) >= 11 is 0. The summed E-state index contributed by atoms with van der Waals surface area (Å²) in [4.78, 5) is 37.4. The highest BCUT2D eigenvalue weighted by Crippen LogP contribution is 2.31. The standard InChI is InChI=1S/C32H25N3O3/c36-29(35-19-9-15-22-10-7-8-16-28(22)35)21-38-32(37)25-17-18-26-27(20-25)34-31(24-13-5-2-6-14-24)30(33-26)23-11-3-1-4-12-23/h1-8,10-14,16-18,20H,9,15,19,21H2. The van der Waals surface area contributed by atoms with Gasteiger partial charge in [0, 0.05) is 23.4 Å². The van der Waals surface area contributed by atoms with Crippen LogP contribution in [-0.2, 0) is 16.0 Å². The van der Waals surface area contributed by atoms with E-state index < -0.39 is 5.97 Å². The van der Waals surface area contributed by atoms with Gasteiger partial charge in [0.2, 0.25) is 0 Å². The summed E-state index contributed by atoms with van der Waals surface area (Å²) in [6.07, 6.45) is 1.82. The number of carbonyl (C=O) groups excluding carboxylic acids is 2. The third kappa shape index (κ3) is 4.64. The molecule has 0 atom stereocenters. The van der Waals surface area contributed by atoms with Crippen molar-refractivity contribution in [2.75, 3.05) is 18.1 Å². The molecule has 0 bridgehead atoms. The van der Waals surface area contributed by atoms with Gasteiger partial charge in [0.15, 0.2) is 6.61 Å². The van der Waals surface area contributed by atoms with Gasteiger partial charge in [-0.15, -0.1) is 0 Å². The topological polar surface area (TPSA) is 72.4 Å². The molecule has 0 unspecified atom stereocenters. The molecule has 1 aliphatic heterocycles. The third-order valence-corrected chi connectivity index (χ3v) is 6.73. The minimum absolute atomic E-state index is 0.232. The summed E-state index contributed by atoms with van der Waals surface area (Å²) in [7, 11) is 0. The van der Waals surface area contributed by atoms with Crippen LogP contribution >= 0.6 is 0 Å². The molecule has 0 saturated heterocycles. The smallest absolute Gasteiger partial charge is 0.338 e. The second-order valence-corrected chi connectivity index (χ2v) is 9.21. The van der Waals surface area contributed by atoms with Crippen molar-refractivity contribution in [3.8, 4) is 22.5 Å². The number of para-hydroxylation sites is 1. The Hall–Kier alpha value is -4.84. The first-order chi connectivity index (χ1) is 18.7. The first kappa shape index (κ1) is 23.6. The Kier molecular flexibility index (Phi) is 6.36. The Morgan fingerprint density at radius 3 is 2.08 bits per heavy atom. The van der Waals surface area contributed by atoms with Gasteiger partial charge >= 0.3 is 5.97 Å². The van der Waals surface area contributed by atoms with Crippen LogP contribution in [0, 0.1) is 0 Å². The Balaban J connectivity index is 1.27. The summed E-state index contributed by atoms with van der Waals surface area (Å²) in [5.41, 5.74) is 6.99. The van der Waals surface area contributed by atoms with Gasteiger partial charge in [-0.3, -0.25) is 4.79 Å². The summed E-state index contributed by atoms with van der Waals surface area (Å²) in [6, 6.07) is 32.7. The van der Waals surface area contributed by atoms with E-state index in [9.17, 15) is 9.59 Å². The molecule has 5 aromatic rings. The van der Waals surface area contributed by atoms with Crippen LogP contribution in [0.1, 0.15) is 22.3 Å². The molecule has 1 aliphatic rings. The van der Waals surface area contributed by atoms with Gasteiger partial charge in [-0.05, 0) is 42.7 Å². The van der Waals surface area contributed by atoms with E-state index >= 15 is 0 Å². The highest BCUT2D eigenvalue weighted by atomic mass is 16.5. The fourth-order valence-electron chi connectivity index (χ4n) is 4.86. The van der Waals surface area contributed by atoms with Crippen molar-refractivity contribution in [2.45, 2.75) is 12.8 Å². The number of nitrogens with zero attached hydrogens (tertiary/aromatic N) is 3. The number of fused-ring (bicyclic) bond motifs is 2. The fourth-order valence-corrected chi connectivity index (χ4v) is 4.86. The summed E-state index contributed by atoms with van der Waals surface area (Å²) in [6.45, 7) is 0.296. The van der Waals surface area contributed by atoms with Gasteiger partial charge in [-0.25, -0.2) is 14.8 Å². The number of ether oxygens (including phenoxy) is 1. The molecular formula is C32H25N3O3. The number of esters is 1. The molecule has 0 N–H and O–H groups in total. The van der Waals surface area contributed by atoms with Crippen molar-refractivity contribution >= 4 is 28.6 Å². The first-order valence-corrected chi connectivity index (χ1v) is 12.7. The lowest BCUT2D eigenvalue weighted by molar-refractivity contribution is -0.121. The average Bonchev–Trinajstić information content (AvgIpc) is 2.99. The van der Waals surface area contributed by atoms with E-state index in [1.165, 1.54) is 0 Å². The maximum Gasteiger partial charge on any atom is 0.338 e. The van der Waals surface area contributed by atoms with Crippen molar-refractivity contribution in [2.24, 2.45) is 0 Å². The van der Waals surface area contributed by atoms with Gasteiger partial charge in [0.1, 0.15) is 0 Å². The van der Waals surface area contributed by atoms with Crippen molar-refractivity contribution in [3.63, 3.8) is 0 Å². The first-order valence-electron chi connectivity index (χ1n) is 12.7. The number of carbonyl (C=O) groups is 2. The zero-order chi connectivity index (χ0) is 25.9.